The zero-order valence-corrected chi connectivity index (χ0v) is 19.4. The fourth-order valence-corrected chi connectivity index (χ4v) is 4.68. The number of hydrogen-bond donors (Lipinski definition) is 1. The third kappa shape index (κ3) is 4.08. The van der Waals surface area contributed by atoms with Gasteiger partial charge in [-0.1, -0.05) is 12.1 Å². The summed E-state index contributed by atoms with van der Waals surface area (Å²) in [5.74, 6) is 0.649. The van der Waals surface area contributed by atoms with Gasteiger partial charge in [0.2, 0.25) is 0 Å². The van der Waals surface area contributed by atoms with Crippen LogP contribution in [0, 0.1) is 20.8 Å². The molecule has 0 saturated carbocycles. The van der Waals surface area contributed by atoms with Gasteiger partial charge >= 0.3 is 5.63 Å². The monoisotopic (exact) mass is 447 g/mol. The van der Waals surface area contributed by atoms with E-state index < -0.39 is 0 Å². The highest BCUT2D eigenvalue weighted by Gasteiger charge is 2.21. The first kappa shape index (κ1) is 21.8. The normalized spacial score (nSPS) is 15.6. The van der Waals surface area contributed by atoms with E-state index in [2.05, 4.69) is 14.8 Å². The zero-order valence-electron chi connectivity index (χ0n) is 19.4. The van der Waals surface area contributed by atoms with Crippen LogP contribution in [0.4, 0.5) is 0 Å². The van der Waals surface area contributed by atoms with Crippen molar-refractivity contribution in [1.29, 1.82) is 0 Å². The van der Waals surface area contributed by atoms with Crippen LogP contribution in [0.2, 0.25) is 0 Å². The standard InChI is InChI=1S/C26H29N3O4/c1-16-4-5-20-22(13-24(31)33-25(20)17(16)2)23-12-21-19(14-27-18(3)26(21)32-23)15-29-8-6-28(7-9-29)10-11-30/h4-5,12-14,30H,6-11,15H2,1-3H3. The summed E-state index contributed by atoms with van der Waals surface area (Å²) in [7, 11) is 0. The Labute approximate surface area is 192 Å². The molecule has 1 saturated heterocycles. The summed E-state index contributed by atoms with van der Waals surface area (Å²) in [5.41, 5.74) is 5.69. The molecule has 33 heavy (non-hydrogen) atoms. The highest BCUT2D eigenvalue weighted by Crippen LogP contribution is 2.35. The third-order valence-corrected chi connectivity index (χ3v) is 6.79. The molecule has 1 fully saturated rings. The van der Waals surface area contributed by atoms with Crippen LogP contribution in [0.3, 0.4) is 0 Å². The van der Waals surface area contributed by atoms with Crippen LogP contribution in [0.15, 0.2) is 44.1 Å². The molecule has 4 heterocycles. The van der Waals surface area contributed by atoms with Crippen molar-refractivity contribution in [3.8, 4) is 11.3 Å². The summed E-state index contributed by atoms with van der Waals surface area (Å²) in [5, 5.41) is 11.1. The molecule has 3 aromatic heterocycles. The molecular formula is C26H29N3O4. The third-order valence-electron chi connectivity index (χ3n) is 6.79. The molecular weight excluding hydrogens is 418 g/mol. The van der Waals surface area contributed by atoms with Gasteiger partial charge in [-0.2, -0.15) is 0 Å². The van der Waals surface area contributed by atoms with E-state index >= 15 is 0 Å². The van der Waals surface area contributed by atoms with Gasteiger partial charge in [0.1, 0.15) is 11.3 Å². The summed E-state index contributed by atoms with van der Waals surface area (Å²) < 4.78 is 11.8. The van der Waals surface area contributed by atoms with E-state index in [1.807, 2.05) is 45.2 Å². The summed E-state index contributed by atoms with van der Waals surface area (Å²) in [6.07, 6.45) is 1.93. The van der Waals surface area contributed by atoms with Crippen LogP contribution < -0.4 is 5.63 Å². The van der Waals surface area contributed by atoms with Crippen molar-refractivity contribution >= 4 is 21.9 Å². The second-order valence-electron chi connectivity index (χ2n) is 8.93. The lowest BCUT2D eigenvalue weighted by molar-refractivity contribution is 0.108. The molecule has 1 aliphatic heterocycles. The van der Waals surface area contributed by atoms with Crippen molar-refractivity contribution < 1.29 is 13.9 Å². The number of fused-ring (bicyclic) bond motifs is 2. The molecule has 7 heteroatoms. The van der Waals surface area contributed by atoms with E-state index in [1.54, 1.807) is 0 Å². The average Bonchev–Trinajstić information content (AvgIpc) is 3.26. The molecule has 4 aromatic rings. The maximum atomic E-state index is 12.4. The molecule has 0 amide bonds. The van der Waals surface area contributed by atoms with Gasteiger partial charge in [-0.3, -0.25) is 14.8 Å². The van der Waals surface area contributed by atoms with Gasteiger partial charge in [0, 0.05) is 67.9 Å². The number of aryl methyl sites for hydroxylation is 3. The van der Waals surface area contributed by atoms with Crippen LogP contribution in [0.1, 0.15) is 22.4 Å². The Balaban J connectivity index is 1.54. The molecule has 0 unspecified atom stereocenters. The lowest BCUT2D eigenvalue weighted by Crippen LogP contribution is -2.46. The summed E-state index contributed by atoms with van der Waals surface area (Å²) in [4.78, 5) is 21.7. The van der Waals surface area contributed by atoms with E-state index in [0.717, 1.165) is 83.6 Å². The van der Waals surface area contributed by atoms with Gasteiger partial charge < -0.3 is 13.9 Å². The van der Waals surface area contributed by atoms with Crippen molar-refractivity contribution in [3.05, 3.63) is 63.3 Å². The lowest BCUT2D eigenvalue weighted by atomic mass is 10.0. The number of piperazine rings is 1. The first-order valence-corrected chi connectivity index (χ1v) is 11.4. The van der Waals surface area contributed by atoms with Crippen molar-refractivity contribution in [2.75, 3.05) is 39.3 Å². The van der Waals surface area contributed by atoms with Crippen LogP contribution >= 0.6 is 0 Å². The number of rotatable bonds is 5. The molecule has 0 spiro atoms. The molecule has 1 aliphatic rings. The Hall–Kier alpha value is -3.00. The van der Waals surface area contributed by atoms with Gasteiger partial charge in [-0.25, -0.2) is 4.79 Å². The Morgan fingerprint density at radius 3 is 2.48 bits per heavy atom. The number of pyridine rings is 1. The second-order valence-corrected chi connectivity index (χ2v) is 8.93. The van der Waals surface area contributed by atoms with Gasteiger partial charge in [-0.15, -0.1) is 0 Å². The molecule has 0 atom stereocenters. The smallest absolute Gasteiger partial charge is 0.336 e. The highest BCUT2D eigenvalue weighted by molar-refractivity contribution is 5.97. The van der Waals surface area contributed by atoms with E-state index in [9.17, 15) is 9.90 Å². The van der Waals surface area contributed by atoms with Crippen LogP contribution in [0.5, 0.6) is 0 Å². The largest absolute Gasteiger partial charge is 0.454 e. The Bertz CT molecular complexity index is 1380. The topological polar surface area (TPSA) is 83.0 Å². The minimum Gasteiger partial charge on any atom is -0.454 e. The van der Waals surface area contributed by atoms with Crippen molar-refractivity contribution in [3.63, 3.8) is 0 Å². The maximum Gasteiger partial charge on any atom is 0.336 e. The number of hydrogen-bond acceptors (Lipinski definition) is 7. The summed E-state index contributed by atoms with van der Waals surface area (Å²) in [6.45, 7) is 11.4. The number of β-amino-alcohol motifs (C(OH)–C–C–N with tert-alkyl or cyclic N) is 1. The fourth-order valence-electron chi connectivity index (χ4n) is 4.68. The van der Waals surface area contributed by atoms with Crippen molar-refractivity contribution in [1.82, 2.24) is 14.8 Å². The number of aliphatic hydroxyl groups excluding tert-OH is 1. The Morgan fingerprint density at radius 2 is 1.73 bits per heavy atom. The fraction of sp³-hybridized carbons (Fsp3) is 0.385. The van der Waals surface area contributed by atoms with E-state index in [4.69, 9.17) is 8.83 Å². The quantitative estimate of drug-likeness (QED) is 0.468. The zero-order chi connectivity index (χ0) is 23.1. The Kier molecular flexibility index (Phi) is 5.78. The van der Waals surface area contributed by atoms with Gasteiger partial charge in [0.05, 0.1) is 12.3 Å². The Morgan fingerprint density at radius 1 is 0.970 bits per heavy atom. The minimum absolute atomic E-state index is 0.200. The molecule has 5 rings (SSSR count). The maximum absolute atomic E-state index is 12.4. The van der Waals surface area contributed by atoms with Gasteiger partial charge in [0.15, 0.2) is 5.58 Å². The number of aliphatic hydroxyl groups is 1. The minimum atomic E-state index is -0.387. The average molecular weight is 448 g/mol. The number of nitrogens with zero attached hydrogens (tertiary/aromatic N) is 3. The lowest BCUT2D eigenvalue weighted by Gasteiger charge is -2.34. The molecule has 1 aromatic carbocycles. The first-order chi connectivity index (χ1) is 15.9. The highest BCUT2D eigenvalue weighted by atomic mass is 16.4. The number of furan rings is 1. The second kappa shape index (κ2) is 8.74. The molecule has 172 valence electrons. The van der Waals surface area contributed by atoms with E-state index in [0.29, 0.717) is 11.3 Å². The molecule has 7 nitrogen and oxygen atoms in total. The van der Waals surface area contributed by atoms with Crippen LogP contribution in [0.25, 0.3) is 33.3 Å². The van der Waals surface area contributed by atoms with Crippen molar-refractivity contribution in [2.45, 2.75) is 27.3 Å². The van der Waals surface area contributed by atoms with Crippen molar-refractivity contribution in [2.24, 2.45) is 0 Å². The molecule has 0 radical (unpaired) electrons. The van der Waals surface area contributed by atoms with Crippen LogP contribution in [-0.2, 0) is 6.54 Å². The predicted molar refractivity (Wildman–Crippen MR) is 129 cm³/mol. The number of benzene rings is 1. The van der Waals surface area contributed by atoms with E-state index in [1.165, 1.54) is 6.07 Å². The summed E-state index contributed by atoms with van der Waals surface area (Å²) in [6, 6.07) is 7.57. The first-order valence-electron chi connectivity index (χ1n) is 11.4. The van der Waals surface area contributed by atoms with Gasteiger partial charge in [-0.05, 0) is 43.5 Å². The summed E-state index contributed by atoms with van der Waals surface area (Å²) >= 11 is 0. The molecule has 0 aliphatic carbocycles. The SMILES string of the molecule is Cc1ccc2c(-c3cc4c(CN5CCN(CCO)CC5)cnc(C)c4o3)cc(=O)oc2c1C. The molecule has 1 N–H and O–H groups in total. The predicted octanol–water partition coefficient (Wildman–Crippen LogP) is 3.64. The van der Waals surface area contributed by atoms with Gasteiger partial charge in [0.25, 0.3) is 0 Å². The van der Waals surface area contributed by atoms with Crippen LogP contribution in [-0.4, -0.2) is 59.2 Å². The van der Waals surface area contributed by atoms with E-state index in [-0.39, 0.29) is 12.2 Å². The number of aromatic nitrogens is 1. The molecule has 0 bridgehead atoms.